The number of aliphatic hydroxyl groups excluding tert-OH is 1. The Kier molecular flexibility index (Phi) is 5.00. The maximum atomic E-state index is 12.4. The van der Waals surface area contributed by atoms with E-state index in [2.05, 4.69) is 4.98 Å². The van der Waals surface area contributed by atoms with Crippen LogP contribution in [0.5, 0.6) is 5.75 Å². The molecule has 0 saturated heterocycles. The fourth-order valence-electron chi connectivity index (χ4n) is 3.89. The van der Waals surface area contributed by atoms with Gasteiger partial charge in [0.1, 0.15) is 11.3 Å². The summed E-state index contributed by atoms with van der Waals surface area (Å²) in [7, 11) is -1.23. The number of aromatic amines is 1. The minimum absolute atomic E-state index is 0.0146. The first-order chi connectivity index (χ1) is 13.7. The molecule has 1 fully saturated rings. The maximum Gasteiger partial charge on any atom is 0.274 e. The minimum atomic E-state index is -2.91. The second-order valence-corrected chi connectivity index (χ2v) is 9.93. The van der Waals surface area contributed by atoms with E-state index >= 15 is 0 Å². The topological polar surface area (TPSA) is 108 Å². The number of nitrogens with one attached hydrogen (secondary N) is 2. The van der Waals surface area contributed by atoms with Crippen molar-refractivity contribution in [2.75, 3.05) is 6.26 Å². The summed E-state index contributed by atoms with van der Waals surface area (Å²) in [5.41, 5.74) is 1.84. The number of nitrogens with zero attached hydrogens (tertiary/aromatic N) is 1. The van der Waals surface area contributed by atoms with Gasteiger partial charge in [-0.1, -0.05) is 0 Å². The number of ether oxygens (including phenoxy) is 1. The number of aryl methyl sites for hydroxylation is 1. The third kappa shape index (κ3) is 3.82. The molecule has 1 aliphatic carbocycles. The number of benzene rings is 1. The van der Waals surface area contributed by atoms with E-state index in [0.29, 0.717) is 34.6 Å². The predicted octanol–water partition coefficient (Wildman–Crippen LogP) is 3.25. The molecule has 0 radical (unpaired) electrons. The molecule has 3 N–H and O–H groups in total. The second-order valence-electron chi connectivity index (χ2n) is 7.78. The van der Waals surface area contributed by atoms with Gasteiger partial charge < -0.3 is 19.4 Å². The molecule has 1 saturated carbocycles. The normalized spacial score (nSPS) is 21.8. The van der Waals surface area contributed by atoms with Crippen LogP contribution in [-0.4, -0.2) is 37.3 Å². The zero-order chi connectivity index (χ0) is 20.8. The molecule has 29 heavy (non-hydrogen) atoms. The van der Waals surface area contributed by atoms with Gasteiger partial charge >= 0.3 is 0 Å². The van der Waals surface area contributed by atoms with Crippen molar-refractivity contribution in [1.29, 1.82) is 4.78 Å². The van der Waals surface area contributed by atoms with Crippen molar-refractivity contribution in [2.24, 2.45) is 7.05 Å². The van der Waals surface area contributed by atoms with E-state index in [4.69, 9.17) is 9.52 Å². The number of hydrogen-bond acceptors (Lipinski definition) is 5. The van der Waals surface area contributed by atoms with E-state index in [0.717, 1.165) is 23.8 Å². The van der Waals surface area contributed by atoms with E-state index in [1.165, 1.54) is 10.8 Å². The molecule has 2 heterocycles. The summed E-state index contributed by atoms with van der Waals surface area (Å²) < 4.78 is 28.2. The lowest BCUT2D eigenvalue weighted by atomic mass is 9.95. The van der Waals surface area contributed by atoms with Crippen LogP contribution in [0.15, 0.2) is 46.3 Å². The molecule has 0 aliphatic heterocycles. The molecule has 3 aromatic rings. The smallest absolute Gasteiger partial charge is 0.274 e. The highest BCUT2D eigenvalue weighted by Crippen LogP contribution is 2.37. The number of aromatic nitrogens is 2. The van der Waals surface area contributed by atoms with Gasteiger partial charge in [0.25, 0.3) is 5.56 Å². The van der Waals surface area contributed by atoms with E-state index < -0.39 is 9.73 Å². The molecule has 1 atom stereocenters. The first-order valence-electron chi connectivity index (χ1n) is 9.63. The van der Waals surface area contributed by atoms with Crippen molar-refractivity contribution in [3.8, 4) is 16.9 Å². The highest BCUT2D eigenvalue weighted by molar-refractivity contribution is 7.91. The van der Waals surface area contributed by atoms with Gasteiger partial charge in [-0.2, -0.15) is 0 Å². The van der Waals surface area contributed by atoms with Crippen LogP contribution < -0.4 is 10.3 Å². The van der Waals surface area contributed by atoms with Crippen LogP contribution in [0.1, 0.15) is 25.7 Å². The van der Waals surface area contributed by atoms with Crippen LogP contribution >= 0.6 is 0 Å². The Morgan fingerprint density at radius 2 is 1.93 bits per heavy atom. The third-order valence-corrected chi connectivity index (χ3v) is 6.68. The quantitative estimate of drug-likeness (QED) is 0.608. The van der Waals surface area contributed by atoms with Crippen molar-refractivity contribution in [1.82, 2.24) is 9.55 Å². The molecule has 0 bridgehead atoms. The molecule has 1 unspecified atom stereocenters. The Morgan fingerprint density at radius 3 is 2.62 bits per heavy atom. The van der Waals surface area contributed by atoms with Crippen LogP contribution in [0.2, 0.25) is 0 Å². The lowest BCUT2D eigenvalue weighted by Crippen LogP contribution is -2.26. The number of pyridine rings is 1. The van der Waals surface area contributed by atoms with E-state index in [1.807, 2.05) is 6.07 Å². The zero-order valence-electron chi connectivity index (χ0n) is 16.5. The Bertz CT molecular complexity index is 1220. The highest BCUT2D eigenvalue weighted by atomic mass is 32.2. The van der Waals surface area contributed by atoms with E-state index in [1.54, 1.807) is 37.6 Å². The van der Waals surface area contributed by atoms with Crippen LogP contribution in [-0.2, 0) is 16.8 Å². The van der Waals surface area contributed by atoms with Crippen molar-refractivity contribution < 1.29 is 14.1 Å². The molecule has 0 amide bonds. The van der Waals surface area contributed by atoms with Crippen LogP contribution in [0.4, 0.5) is 0 Å². The van der Waals surface area contributed by atoms with Gasteiger partial charge in [-0.05, 0) is 49.9 Å². The van der Waals surface area contributed by atoms with E-state index in [-0.39, 0.29) is 17.8 Å². The zero-order valence-corrected chi connectivity index (χ0v) is 17.3. The third-order valence-electron chi connectivity index (χ3n) is 5.52. The van der Waals surface area contributed by atoms with Crippen molar-refractivity contribution >= 4 is 20.6 Å². The summed E-state index contributed by atoms with van der Waals surface area (Å²) in [6.07, 6.45) is 7.50. The maximum absolute atomic E-state index is 12.4. The van der Waals surface area contributed by atoms with Crippen molar-refractivity contribution in [3.63, 3.8) is 0 Å². The summed E-state index contributed by atoms with van der Waals surface area (Å²) in [6, 6.07) is 7.00. The largest absolute Gasteiger partial charge is 0.490 e. The first-order valence-corrected chi connectivity index (χ1v) is 11.6. The molecule has 7 nitrogen and oxygen atoms in total. The summed E-state index contributed by atoms with van der Waals surface area (Å²) in [5.74, 6) is 0.625. The minimum Gasteiger partial charge on any atom is -0.490 e. The Hall–Kier alpha value is -2.58. The van der Waals surface area contributed by atoms with Gasteiger partial charge in [0, 0.05) is 47.1 Å². The molecule has 2 aromatic heterocycles. The lowest BCUT2D eigenvalue weighted by molar-refractivity contribution is 0.0668. The van der Waals surface area contributed by atoms with Crippen LogP contribution in [0, 0.1) is 4.78 Å². The molecule has 4 rings (SSSR count). The number of hydrogen-bond donors (Lipinski definition) is 3. The molecule has 154 valence electrons. The van der Waals surface area contributed by atoms with Crippen molar-refractivity contribution in [3.05, 3.63) is 47.0 Å². The molecule has 1 aliphatic rings. The summed E-state index contributed by atoms with van der Waals surface area (Å²) in [5, 5.41) is 10.5. The summed E-state index contributed by atoms with van der Waals surface area (Å²) in [4.78, 5) is 15.8. The number of aliphatic hydroxyl groups is 1. The number of H-pyrrole nitrogens is 1. The van der Waals surface area contributed by atoms with Crippen molar-refractivity contribution in [2.45, 2.75) is 42.8 Å². The average molecular weight is 416 g/mol. The van der Waals surface area contributed by atoms with Crippen LogP contribution in [0.25, 0.3) is 22.0 Å². The summed E-state index contributed by atoms with van der Waals surface area (Å²) in [6.45, 7) is 0. The van der Waals surface area contributed by atoms with Gasteiger partial charge in [-0.3, -0.25) is 4.79 Å². The standard InChI is InChI=1S/C21H25N3O4S/c1-24-12-18(16-9-10-23-20(16)21(24)26)17-11-15(29(2,22)27)7-8-19(17)28-14-5-3-13(25)4-6-14/h7-14,22-23,25H,3-6H2,1-2H3/t13-,14+,29?. The highest BCUT2D eigenvalue weighted by Gasteiger charge is 2.23. The molecule has 1 aromatic carbocycles. The fourth-order valence-corrected chi connectivity index (χ4v) is 4.56. The SMILES string of the molecule is Cn1cc(-c2cc(S(C)(=N)=O)ccc2O[C@H]2CC[C@@H](O)CC2)c2cc[nH]c2c1=O. The van der Waals surface area contributed by atoms with E-state index in [9.17, 15) is 14.1 Å². The molecule has 0 spiro atoms. The van der Waals surface area contributed by atoms with Gasteiger partial charge in [0.15, 0.2) is 0 Å². The van der Waals surface area contributed by atoms with Crippen LogP contribution in [0.3, 0.4) is 0 Å². The summed E-state index contributed by atoms with van der Waals surface area (Å²) >= 11 is 0. The molecule has 8 heteroatoms. The molecular weight excluding hydrogens is 390 g/mol. The Morgan fingerprint density at radius 1 is 1.21 bits per heavy atom. The van der Waals surface area contributed by atoms with Gasteiger partial charge in [0.2, 0.25) is 0 Å². The Labute approximate surface area is 169 Å². The van der Waals surface area contributed by atoms with Gasteiger partial charge in [0.05, 0.1) is 21.9 Å². The Balaban J connectivity index is 1.87. The van der Waals surface area contributed by atoms with Gasteiger partial charge in [-0.15, -0.1) is 0 Å². The predicted molar refractivity (Wildman–Crippen MR) is 113 cm³/mol. The molecular formula is C21H25N3O4S. The average Bonchev–Trinajstić information content (AvgIpc) is 3.16. The number of fused-ring (bicyclic) bond motifs is 1. The lowest BCUT2D eigenvalue weighted by Gasteiger charge is -2.27. The fraction of sp³-hybridized carbons (Fsp3) is 0.381. The second kappa shape index (κ2) is 7.35. The van der Waals surface area contributed by atoms with Gasteiger partial charge in [-0.25, -0.2) is 8.99 Å². The monoisotopic (exact) mass is 415 g/mol. The first kappa shape index (κ1) is 19.7. The number of rotatable bonds is 4.